The summed E-state index contributed by atoms with van der Waals surface area (Å²) >= 11 is 5.90. The number of rotatable bonds is 4. The normalized spacial score (nSPS) is 12.4. The van der Waals surface area contributed by atoms with Crippen LogP contribution in [0.1, 0.15) is 18.5 Å². The Morgan fingerprint density at radius 2 is 2.17 bits per heavy atom. The first-order valence-corrected chi connectivity index (χ1v) is 6.11. The second-order valence-corrected chi connectivity index (χ2v) is 4.59. The number of hydrogen-bond donors (Lipinski definition) is 1. The fourth-order valence-corrected chi connectivity index (χ4v) is 2.11. The molecule has 0 fully saturated rings. The number of para-hydroxylation sites is 1. The zero-order valence-corrected chi connectivity index (χ0v) is 11.2. The van der Waals surface area contributed by atoms with Crippen LogP contribution >= 0.6 is 11.6 Å². The molecule has 0 aliphatic rings. The van der Waals surface area contributed by atoms with Crippen molar-refractivity contribution < 1.29 is 4.74 Å². The van der Waals surface area contributed by atoms with Crippen LogP contribution in [0, 0.1) is 0 Å². The van der Waals surface area contributed by atoms with Gasteiger partial charge in [0.15, 0.2) is 0 Å². The first kappa shape index (κ1) is 12.8. The molecule has 1 unspecified atom stereocenters. The van der Waals surface area contributed by atoms with E-state index >= 15 is 0 Å². The van der Waals surface area contributed by atoms with Gasteiger partial charge in [0.1, 0.15) is 16.6 Å². The van der Waals surface area contributed by atoms with Gasteiger partial charge in [0.05, 0.1) is 19.3 Å². The molecule has 4 nitrogen and oxygen atoms in total. The molecule has 96 valence electrons. The molecule has 1 aromatic carbocycles. The molecule has 2 aromatic rings. The molecule has 0 bridgehead atoms. The highest BCUT2D eigenvalue weighted by atomic mass is 35.5. The first-order chi connectivity index (χ1) is 8.63. The predicted octanol–water partition coefficient (Wildman–Crippen LogP) is 2.93. The van der Waals surface area contributed by atoms with Crippen LogP contribution in [-0.2, 0) is 6.42 Å². The number of nitrogen functional groups attached to an aromatic ring is 1. The molecule has 0 aliphatic carbocycles. The predicted molar refractivity (Wildman–Crippen MR) is 73.1 cm³/mol. The SMILES string of the molecule is COc1ccccc1CC(C)n1ncc(Cl)c1N. The van der Waals surface area contributed by atoms with Gasteiger partial charge in [0.2, 0.25) is 0 Å². The maximum Gasteiger partial charge on any atom is 0.140 e. The molecule has 0 saturated carbocycles. The van der Waals surface area contributed by atoms with Gasteiger partial charge in [0.25, 0.3) is 0 Å². The molecule has 1 atom stereocenters. The van der Waals surface area contributed by atoms with Crippen molar-refractivity contribution in [2.24, 2.45) is 0 Å². The summed E-state index contributed by atoms with van der Waals surface area (Å²) in [5.74, 6) is 1.38. The molecule has 2 rings (SSSR count). The van der Waals surface area contributed by atoms with E-state index in [-0.39, 0.29) is 6.04 Å². The molecule has 1 aromatic heterocycles. The number of halogens is 1. The van der Waals surface area contributed by atoms with Crippen LogP contribution in [0.5, 0.6) is 5.75 Å². The number of nitrogens with two attached hydrogens (primary N) is 1. The second-order valence-electron chi connectivity index (χ2n) is 4.19. The van der Waals surface area contributed by atoms with Crippen LogP contribution in [0.4, 0.5) is 5.82 Å². The summed E-state index contributed by atoms with van der Waals surface area (Å²) in [5.41, 5.74) is 6.99. The third kappa shape index (κ3) is 2.43. The molecule has 18 heavy (non-hydrogen) atoms. The largest absolute Gasteiger partial charge is 0.496 e. The maximum atomic E-state index is 5.90. The van der Waals surface area contributed by atoms with Crippen molar-refractivity contribution in [1.29, 1.82) is 0 Å². The molecule has 0 amide bonds. The van der Waals surface area contributed by atoms with Crippen LogP contribution in [0.2, 0.25) is 5.02 Å². The standard InChI is InChI=1S/C13H16ClN3O/c1-9(17-13(15)11(14)8-16-17)7-10-5-3-4-6-12(10)18-2/h3-6,8-9H,7,15H2,1-2H3. The molecular formula is C13H16ClN3O. The fourth-order valence-electron chi connectivity index (χ4n) is 1.98. The Bertz CT molecular complexity index is 539. The second kappa shape index (κ2) is 5.31. The molecule has 2 N–H and O–H groups in total. The maximum absolute atomic E-state index is 5.90. The summed E-state index contributed by atoms with van der Waals surface area (Å²) in [4.78, 5) is 0. The zero-order chi connectivity index (χ0) is 13.1. The Balaban J connectivity index is 2.21. The summed E-state index contributed by atoms with van der Waals surface area (Å²) in [7, 11) is 1.67. The van der Waals surface area contributed by atoms with Gasteiger partial charge in [-0.05, 0) is 25.0 Å². The van der Waals surface area contributed by atoms with E-state index in [1.54, 1.807) is 18.0 Å². The molecule has 0 radical (unpaired) electrons. The number of hydrogen-bond acceptors (Lipinski definition) is 3. The Labute approximate surface area is 111 Å². The van der Waals surface area contributed by atoms with Crippen molar-refractivity contribution in [2.45, 2.75) is 19.4 Å². The summed E-state index contributed by atoms with van der Waals surface area (Å²) in [5, 5.41) is 4.67. The zero-order valence-electron chi connectivity index (χ0n) is 10.4. The molecule has 0 aliphatic heterocycles. The van der Waals surface area contributed by atoms with E-state index in [0.29, 0.717) is 10.8 Å². The summed E-state index contributed by atoms with van der Waals surface area (Å²) in [6.07, 6.45) is 2.35. The van der Waals surface area contributed by atoms with Crippen LogP contribution in [0.3, 0.4) is 0 Å². The minimum atomic E-state index is 0.119. The average Bonchev–Trinajstić information content (AvgIpc) is 2.71. The molecule has 5 heteroatoms. The van der Waals surface area contributed by atoms with Gasteiger partial charge in [-0.3, -0.25) is 0 Å². The van der Waals surface area contributed by atoms with Gasteiger partial charge >= 0.3 is 0 Å². The minimum Gasteiger partial charge on any atom is -0.496 e. The van der Waals surface area contributed by atoms with Gasteiger partial charge in [0, 0.05) is 0 Å². The lowest BCUT2D eigenvalue weighted by molar-refractivity contribution is 0.402. The van der Waals surface area contributed by atoms with E-state index in [1.807, 2.05) is 31.2 Å². The molecular weight excluding hydrogens is 250 g/mol. The van der Waals surface area contributed by atoms with Crippen molar-refractivity contribution in [2.75, 3.05) is 12.8 Å². The topological polar surface area (TPSA) is 53.1 Å². The van der Waals surface area contributed by atoms with Crippen molar-refractivity contribution >= 4 is 17.4 Å². The first-order valence-electron chi connectivity index (χ1n) is 5.74. The van der Waals surface area contributed by atoms with Crippen LogP contribution in [0.25, 0.3) is 0 Å². The van der Waals surface area contributed by atoms with Crippen LogP contribution in [-0.4, -0.2) is 16.9 Å². The highest BCUT2D eigenvalue weighted by molar-refractivity contribution is 6.32. The summed E-state index contributed by atoms with van der Waals surface area (Å²) < 4.78 is 7.06. The van der Waals surface area contributed by atoms with Gasteiger partial charge in [-0.2, -0.15) is 5.10 Å². The van der Waals surface area contributed by atoms with E-state index in [2.05, 4.69) is 5.10 Å². The Hall–Kier alpha value is -1.68. The monoisotopic (exact) mass is 265 g/mol. The lowest BCUT2D eigenvalue weighted by Crippen LogP contribution is -2.13. The number of anilines is 1. The highest BCUT2D eigenvalue weighted by Crippen LogP contribution is 2.26. The number of ether oxygens (including phenoxy) is 1. The molecule has 0 spiro atoms. The smallest absolute Gasteiger partial charge is 0.140 e. The number of benzene rings is 1. The van der Waals surface area contributed by atoms with E-state index in [9.17, 15) is 0 Å². The third-order valence-corrected chi connectivity index (χ3v) is 3.20. The van der Waals surface area contributed by atoms with Gasteiger partial charge < -0.3 is 10.5 Å². The van der Waals surface area contributed by atoms with E-state index in [0.717, 1.165) is 17.7 Å². The lowest BCUT2D eigenvalue weighted by Gasteiger charge is -2.15. The van der Waals surface area contributed by atoms with Crippen LogP contribution < -0.4 is 10.5 Å². The fraction of sp³-hybridized carbons (Fsp3) is 0.308. The van der Waals surface area contributed by atoms with Crippen molar-refractivity contribution in [3.63, 3.8) is 0 Å². The van der Waals surface area contributed by atoms with Gasteiger partial charge in [-0.1, -0.05) is 29.8 Å². The number of nitrogens with zero attached hydrogens (tertiary/aromatic N) is 2. The Morgan fingerprint density at radius 1 is 1.44 bits per heavy atom. The van der Waals surface area contributed by atoms with Crippen molar-refractivity contribution in [1.82, 2.24) is 9.78 Å². The Morgan fingerprint density at radius 3 is 2.78 bits per heavy atom. The quantitative estimate of drug-likeness (QED) is 0.925. The van der Waals surface area contributed by atoms with Gasteiger partial charge in [-0.15, -0.1) is 0 Å². The number of methoxy groups -OCH3 is 1. The highest BCUT2D eigenvalue weighted by Gasteiger charge is 2.14. The molecule has 0 saturated heterocycles. The molecule has 1 heterocycles. The minimum absolute atomic E-state index is 0.119. The van der Waals surface area contributed by atoms with E-state index in [4.69, 9.17) is 22.1 Å². The van der Waals surface area contributed by atoms with Crippen molar-refractivity contribution in [3.05, 3.63) is 41.0 Å². The van der Waals surface area contributed by atoms with Gasteiger partial charge in [-0.25, -0.2) is 4.68 Å². The number of aromatic nitrogens is 2. The van der Waals surface area contributed by atoms with Crippen LogP contribution in [0.15, 0.2) is 30.5 Å². The average molecular weight is 266 g/mol. The third-order valence-electron chi connectivity index (χ3n) is 2.91. The van der Waals surface area contributed by atoms with Crippen molar-refractivity contribution in [3.8, 4) is 5.75 Å². The van der Waals surface area contributed by atoms with E-state index < -0.39 is 0 Å². The summed E-state index contributed by atoms with van der Waals surface area (Å²) in [6, 6.07) is 8.04. The summed E-state index contributed by atoms with van der Waals surface area (Å²) in [6.45, 7) is 2.05. The van der Waals surface area contributed by atoms with E-state index in [1.165, 1.54) is 0 Å². The lowest BCUT2D eigenvalue weighted by atomic mass is 10.1. The Kier molecular flexibility index (Phi) is 3.77.